The molecule has 2 heterocycles. The molecule has 0 fully saturated rings. The van der Waals surface area contributed by atoms with E-state index in [-0.39, 0.29) is 17.4 Å². The highest BCUT2D eigenvalue weighted by atomic mass is 35.5. The van der Waals surface area contributed by atoms with Crippen LogP contribution in [0, 0.1) is 0 Å². The van der Waals surface area contributed by atoms with E-state index in [0.717, 1.165) is 9.87 Å². The summed E-state index contributed by atoms with van der Waals surface area (Å²) in [6, 6.07) is 23.6. The van der Waals surface area contributed by atoms with Crippen LogP contribution < -0.4 is 14.8 Å². The Morgan fingerprint density at radius 3 is 2.19 bits per heavy atom. The molecule has 0 radical (unpaired) electrons. The van der Waals surface area contributed by atoms with E-state index in [9.17, 15) is 13.2 Å². The third kappa shape index (κ3) is 6.49. The largest absolute Gasteiger partial charge is 0.497 e. The van der Waals surface area contributed by atoms with Gasteiger partial charge in [0.15, 0.2) is 0 Å². The maximum absolute atomic E-state index is 13.6. The first-order chi connectivity index (χ1) is 20.3. The Labute approximate surface area is 248 Å². The molecule has 3 aromatic carbocycles. The fourth-order valence-electron chi connectivity index (χ4n) is 4.19. The van der Waals surface area contributed by atoms with Crippen molar-refractivity contribution < 1.29 is 27.1 Å². The number of hydrogen-bond acceptors (Lipinski definition) is 7. The number of anilines is 1. The third-order valence-corrected chi connectivity index (χ3v) is 8.44. The van der Waals surface area contributed by atoms with Crippen molar-refractivity contribution in [1.82, 2.24) is 13.9 Å². The van der Waals surface area contributed by atoms with Crippen LogP contribution in [-0.4, -0.2) is 48.9 Å². The molecule has 0 aliphatic carbocycles. The molecule has 0 saturated carbocycles. The second-order valence-electron chi connectivity index (χ2n) is 9.10. The van der Waals surface area contributed by atoms with Crippen molar-refractivity contribution in [1.29, 1.82) is 0 Å². The van der Waals surface area contributed by atoms with Crippen molar-refractivity contribution in [2.75, 3.05) is 26.1 Å². The Kier molecular flexibility index (Phi) is 8.62. The Bertz CT molecular complexity index is 1750. The van der Waals surface area contributed by atoms with Crippen LogP contribution in [0.2, 0.25) is 5.02 Å². The summed E-state index contributed by atoms with van der Waals surface area (Å²) < 4.78 is 45.8. The number of rotatable bonds is 11. The van der Waals surface area contributed by atoms with Gasteiger partial charge in [-0.15, -0.1) is 0 Å². The predicted molar refractivity (Wildman–Crippen MR) is 158 cm³/mol. The average Bonchev–Trinajstić information content (AvgIpc) is 3.67. The molecule has 0 spiro atoms. The van der Waals surface area contributed by atoms with Crippen LogP contribution in [0.1, 0.15) is 5.76 Å². The van der Waals surface area contributed by atoms with E-state index in [1.54, 1.807) is 66.4 Å². The lowest BCUT2D eigenvalue weighted by molar-refractivity contribution is -0.116. The molecule has 0 aliphatic heterocycles. The highest BCUT2D eigenvalue weighted by Gasteiger charge is 2.28. The van der Waals surface area contributed by atoms with Crippen molar-refractivity contribution >= 4 is 33.5 Å². The van der Waals surface area contributed by atoms with E-state index in [1.807, 2.05) is 24.3 Å². The van der Waals surface area contributed by atoms with E-state index in [0.29, 0.717) is 33.7 Å². The molecule has 0 atom stereocenters. The summed E-state index contributed by atoms with van der Waals surface area (Å²) in [6.07, 6.45) is 3.22. The average molecular weight is 607 g/mol. The highest BCUT2D eigenvalue weighted by molar-refractivity contribution is 7.89. The number of imidazole rings is 1. The molecule has 10 nitrogen and oxygen atoms in total. The first-order valence-corrected chi connectivity index (χ1v) is 14.5. The van der Waals surface area contributed by atoms with Crippen LogP contribution in [0.3, 0.4) is 0 Å². The quantitative estimate of drug-likeness (QED) is 0.207. The van der Waals surface area contributed by atoms with Crippen LogP contribution in [0.15, 0.2) is 107 Å². The number of carbonyl (C=O) groups excluding carboxylic acids is 1. The van der Waals surface area contributed by atoms with E-state index in [2.05, 4.69) is 10.3 Å². The molecule has 1 N–H and O–H groups in total. The molecular weight excluding hydrogens is 580 g/mol. The monoisotopic (exact) mass is 606 g/mol. The van der Waals surface area contributed by atoms with Gasteiger partial charge in [-0.05, 0) is 72.8 Å². The van der Waals surface area contributed by atoms with Crippen molar-refractivity contribution in [2.45, 2.75) is 11.4 Å². The molecule has 216 valence electrons. The number of aromatic nitrogens is 2. The summed E-state index contributed by atoms with van der Waals surface area (Å²) >= 11 is 6.06. The molecule has 12 heteroatoms. The van der Waals surface area contributed by atoms with Gasteiger partial charge in [0.1, 0.15) is 17.3 Å². The molecule has 0 unspecified atom stereocenters. The molecule has 5 aromatic rings. The van der Waals surface area contributed by atoms with Crippen LogP contribution in [0.25, 0.3) is 16.9 Å². The van der Waals surface area contributed by atoms with Gasteiger partial charge in [-0.3, -0.25) is 14.7 Å². The molecule has 42 heavy (non-hydrogen) atoms. The number of nitrogens with one attached hydrogen (secondary N) is 1. The smallest absolute Gasteiger partial charge is 0.243 e. The minimum absolute atomic E-state index is 0.00686. The Hall–Kier alpha value is -4.58. The zero-order valence-electron chi connectivity index (χ0n) is 22.7. The number of furan rings is 1. The molecular formula is C30H27ClN4O6S. The van der Waals surface area contributed by atoms with Crippen LogP contribution >= 0.6 is 11.6 Å². The van der Waals surface area contributed by atoms with Crippen LogP contribution in [-0.2, 0) is 21.4 Å². The summed E-state index contributed by atoms with van der Waals surface area (Å²) in [5, 5.41) is 3.37. The number of sulfonamides is 1. The summed E-state index contributed by atoms with van der Waals surface area (Å²) in [6.45, 7) is -0.654. The number of halogens is 1. The third-order valence-electron chi connectivity index (χ3n) is 6.38. The standard InChI is InChI=1S/C30H27ClN4O6S/c1-39-24-11-9-23(10-12-24)35-19-28(21-5-7-22(31)8-6-21)32-30(35)33-29(36)20-34(18-26-4-3-17-41-26)42(37,38)27-15-13-25(40-2)14-16-27/h3-17,19H,18,20H2,1-2H3,(H,32,33,36). The Balaban J connectivity index is 1.46. The zero-order valence-corrected chi connectivity index (χ0v) is 24.3. The molecule has 0 aliphatic rings. The van der Waals surface area contributed by atoms with Crippen molar-refractivity contribution in [3.63, 3.8) is 0 Å². The van der Waals surface area contributed by atoms with Crippen molar-refractivity contribution in [3.05, 3.63) is 108 Å². The van der Waals surface area contributed by atoms with Gasteiger partial charge in [0.05, 0.1) is 44.2 Å². The van der Waals surface area contributed by atoms with E-state index < -0.39 is 22.5 Å². The van der Waals surface area contributed by atoms with E-state index in [4.69, 9.17) is 25.5 Å². The van der Waals surface area contributed by atoms with Gasteiger partial charge < -0.3 is 13.9 Å². The number of carbonyl (C=O) groups is 1. The summed E-state index contributed by atoms with van der Waals surface area (Å²) in [5.41, 5.74) is 2.07. The number of hydrogen-bond donors (Lipinski definition) is 1. The maximum atomic E-state index is 13.6. The minimum atomic E-state index is -4.10. The first kappa shape index (κ1) is 28.9. The summed E-state index contributed by atoms with van der Waals surface area (Å²) in [5.74, 6) is 1.16. The molecule has 1 amide bonds. The van der Waals surface area contributed by atoms with Gasteiger partial charge in [-0.2, -0.15) is 4.31 Å². The summed E-state index contributed by atoms with van der Waals surface area (Å²) in [4.78, 5) is 18.1. The number of ether oxygens (including phenoxy) is 2. The van der Waals surface area contributed by atoms with Gasteiger partial charge in [0.25, 0.3) is 0 Å². The molecule has 0 saturated heterocycles. The van der Waals surface area contributed by atoms with Crippen LogP contribution in [0.5, 0.6) is 11.5 Å². The lowest BCUT2D eigenvalue weighted by Gasteiger charge is -2.21. The van der Waals surface area contributed by atoms with Gasteiger partial charge in [0, 0.05) is 22.5 Å². The topological polar surface area (TPSA) is 116 Å². The minimum Gasteiger partial charge on any atom is -0.497 e. The molecule has 2 aromatic heterocycles. The van der Waals surface area contributed by atoms with Crippen molar-refractivity contribution in [2.24, 2.45) is 0 Å². The SMILES string of the molecule is COc1ccc(-n2cc(-c3ccc(Cl)cc3)nc2NC(=O)CN(Cc2ccco2)S(=O)(=O)c2ccc(OC)cc2)cc1. The van der Waals surface area contributed by atoms with Gasteiger partial charge in [-0.1, -0.05) is 23.7 Å². The lowest BCUT2D eigenvalue weighted by Crippen LogP contribution is -2.37. The molecule has 5 rings (SSSR count). The fraction of sp³-hybridized carbons (Fsp3) is 0.133. The predicted octanol–water partition coefficient (Wildman–Crippen LogP) is 5.63. The number of benzene rings is 3. The number of methoxy groups -OCH3 is 2. The van der Waals surface area contributed by atoms with Crippen molar-refractivity contribution in [3.8, 4) is 28.4 Å². The van der Waals surface area contributed by atoms with Gasteiger partial charge in [0.2, 0.25) is 21.9 Å². The second kappa shape index (κ2) is 12.5. The molecule has 0 bridgehead atoms. The lowest BCUT2D eigenvalue weighted by atomic mass is 10.2. The first-order valence-electron chi connectivity index (χ1n) is 12.7. The highest BCUT2D eigenvalue weighted by Crippen LogP contribution is 2.27. The van der Waals surface area contributed by atoms with Crippen LogP contribution in [0.4, 0.5) is 5.95 Å². The van der Waals surface area contributed by atoms with Gasteiger partial charge >= 0.3 is 0 Å². The van der Waals surface area contributed by atoms with E-state index >= 15 is 0 Å². The Morgan fingerprint density at radius 2 is 1.60 bits per heavy atom. The van der Waals surface area contributed by atoms with Gasteiger partial charge in [-0.25, -0.2) is 13.4 Å². The Morgan fingerprint density at radius 1 is 0.952 bits per heavy atom. The number of amides is 1. The fourth-order valence-corrected chi connectivity index (χ4v) is 5.68. The second-order valence-corrected chi connectivity index (χ2v) is 11.5. The maximum Gasteiger partial charge on any atom is 0.243 e. The summed E-state index contributed by atoms with van der Waals surface area (Å²) in [7, 11) is -1.03. The van der Waals surface area contributed by atoms with E-state index in [1.165, 1.54) is 25.5 Å². The normalized spacial score (nSPS) is 11.4. The number of nitrogens with zero attached hydrogens (tertiary/aromatic N) is 3. The zero-order chi connectivity index (χ0) is 29.7.